The van der Waals surface area contributed by atoms with Gasteiger partial charge in [-0.05, 0) is 25.7 Å². The lowest BCUT2D eigenvalue weighted by atomic mass is 9.92. The van der Waals surface area contributed by atoms with E-state index in [4.69, 9.17) is 0 Å². The van der Waals surface area contributed by atoms with Gasteiger partial charge in [0, 0.05) is 10.00 Å². The van der Waals surface area contributed by atoms with Crippen molar-refractivity contribution >= 4 is 11.8 Å². The van der Waals surface area contributed by atoms with Crippen molar-refractivity contribution in [3.05, 3.63) is 38.0 Å². The molecule has 0 N–H and O–H groups in total. The van der Waals surface area contributed by atoms with Crippen LogP contribution in [0.3, 0.4) is 0 Å². The van der Waals surface area contributed by atoms with Crippen LogP contribution in [0.5, 0.6) is 0 Å². The van der Waals surface area contributed by atoms with Gasteiger partial charge in [-0.15, -0.1) is 19.7 Å². The van der Waals surface area contributed by atoms with Gasteiger partial charge in [0.1, 0.15) is 0 Å². The summed E-state index contributed by atoms with van der Waals surface area (Å²) in [7, 11) is 0. The van der Waals surface area contributed by atoms with Gasteiger partial charge in [-0.3, -0.25) is 0 Å². The predicted molar refractivity (Wildman–Crippen MR) is 63.2 cm³/mol. The first kappa shape index (κ1) is 10.6. The first-order chi connectivity index (χ1) is 6.26. The second kappa shape index (κ2) is 4.71. The first-order valence-corrected chi connectivity index (χ1v) is 5.65. The maximum absolute atomic E-state index is 3.81. The summed E-state index contributed by atoms with van der Waals surface area (Å²) in [6, 6.07) is 0. The van der Waals surface area contributed by atoms with Gasteiger partial charge in [-0.1, -0.05) is 18.2 Å². The van der Waals surface area contributed by atoms with E-state index in [1.807, 2.05) is 18.2 Å². The topological polar surface area (TPSA) is 0 Å². The molecule has 1 unspecified atom stereocenters. The molecule has 1 aliphatic heterocycles. The molecule has 13 heavy (non-hydrogen) atoms. The maximum atomic E-state index is 3.81. The lowest BCUT2D eigenvalue weighted by molar-refractivity contribution is 0.490. The minimum atomic E-state index is 0.428. The highest BCUT2D eigenvalue weighted by atomic mass is 32.2. The predicted octanol–water partition coefficient (Wildman–Crippen LogP) is 3.96. The largest absolute Gasteiger partial charge is 0.151 e. The Balaban J connectivity index is 2.41. The van der Waals surface area contributed by atoms with Crippen LogP contribution in [0, 0.1) is 0 Å². The highest BCUT2D eigenvalue weighted by Crippen LogP contribution is 2.53. The fraction of sp³-hybridized carbons (Fsp3) is 0.500. The zero-order chi connectivity index (χ0) is 9.73. The van der Waals surface area contributed by atoms with Crippen LogP contribution < -0.4 is 0 Å². The molecule has 0 nitrogen and oxygen atoms in total. The second-order valence-corrected chi connectivity index (χ2v) is 5.41. The normalized spacial score (nSPS) is 24.5. The summed E-state index contributed by atoms with van der Waals surface area (Å²) < 4.78 is 0.428. The highest BCUT2D eigenvalue weighted by molar-refractivity contribution is 8.02. The highest BCUT2D eigenvalue weighted by Gasteiger charge is 2.42. The number of hydrogen-bond donors (Lipinski definition) is 0. The number of rotatable bonds is 6. The van der Waals surface area contributed by atoms with Crippen molar-refractivity contribution < 1.29 is 0 Å². The van der Waals surface area contributed by atoms with E-state index in [0.29, 0.717) is 4.75 Å². The van der Waals surface area contributed by atoms with Crippen LogP contribution in [-0.4, -0.2) is 10.00 Å². The van der Waals surface area contributed by atoms with E-state index < -0.39 is 0 Å². The SMILES string of the molecule is C=CCC1CC(CC=C)(CC=C)S1. The molecule has 1 heteroatoms. The van der Waals surface area contributed by atoms with Crippen molar-refractivity contribution in [2.75, 3.05) is 0 Å². The Bertz CT molecular complexity index is 187. The van der Waals surface area contributed by atoms with Crippen molar-refractivity contribution in [3.8, 4) is 0 Å². The van der Waals surface area contributed by atoms with Crippen molar-refractivity contribution in [2.45, 2.75) is 35.7 Å². The number of allylic oxidation sites excluding steroid dienone is 3. The Hall–Kier alpha value is -0.430. The van der Waals surface area contributed by atoms with Gasteiger partial charge in [0.05, 0.1) is 0 Å². The third-order valence-electron chi connectivity index (χ3n) is 2.48. The van der Waals surface area contributed by atoms with Gasteiger partial charge >= 0.3 is 0 Å². The Kier molecular flexibility index (Phi) is 3.86. The summed E-state index contributed by atoms with van der Waals surface area (Å²) in [6.07, 6.45) is 10.7. The Morgan fingerprint density at radius 2 is 1.69 bits per heavy atom. The molecule has 0 spiro atoms. The van der Waals surface area contributed by atoms with E-state index >= 15 is 0 Å². The zero-order valence-electron chi connectivity index (χ0n) is 8.17. The second-order valence-electron chi connectivity index (χ2n) is 3.64. The fourth-order valence-corrected chi connectivity index (χ4v) is 3.72. The van der Waals surface area contributed by atoms with E-state index in [0.717, 1.165) is 24.5 Å². The van der Waals surface area contributed by atoms with Gasteiger partial charge in [0.2, 0.25) is 0 Å². The lowest BCUT2D eigenvalue weighted by Gasteiger charge is -2.46. The maximum Gasteiger partial charge on any atom is 0.0242 e. The molecule has 0 amide bonds. The van der Waals surface area contributed by atoms with Gasteiger partial charge in [-0.2, -0.15) is 11.8 Å². The zero-order valence-corrected chi connectivity index (χ0v) is 8.98. The molecule has 0 saturated carbocycles. The monoisotopic (exact) mass is 194 g/mol. The standard InChI is InChI=1S/C12H18S/c1-4-7-11-10-12(13-11,8-5-2)9-6-3/h4-6,11H,1-3,7-10H2. The van der Waals surface area contributed by atoms with Gasteiger partial charge in [0.15, 0.2) is 0 Å². The molecule has 0 aromatic rings. The third-order valence-corrected chi connectivity index (χ3v) is 4.17. The van der Waals surface area contributed by atoms with Crippen molar-refractivity contribution in [3.63, 3.8) is 0 Å². The fourth-order valence-electron chi connectivity index (χ4n) is 1.95. The van der Waals surface area contributed by atoms with Crippen molar-refractivity contribution in [1.82, 2.24) is 0 Å². The van der Waals surface area contributed by atoms with Crippen molar-refractivity contribution in [2.24, 2.45) is 0 Å². The van der Waals surface area contributed by atoms with Gasteiger partial charge in [0.25, 0.3) is 0 Å². The van der Waals surface area contributed by atoms with Gasteiger partial charge in [-0.25, -0.2) is 0 Å². The summed E-state index contributed by atoms with van der Waals surface area (Å²) in [4.78, 5) is 0. The molecule has 0 aromatic heterocycles. The molecule has 72 valence electrons. The summed E-state index contributed by atoms with van der Waals surface area (Å²) in [5, 5.41) is 0.789. The molecule has 1 heterocycles. The van der Waals surface area contributed by atoms with Crippen LogP contribution >= 0.6 is 11.8 Å². The molecule has 1 rings (SSSR count). The minimum absolute atomic E-state index is 0.428. The molecule has 0 bridgehead atoms. The average molecular weight is 194 g/mol. The van der Waals surface area contributed by atoms with Crippen LogP contribution in [0.2, 0.25) is 0 Å². The van der Waals surface area contributed by atoms with E-state index in [2.05, 4.69) is 31.5 Å². The molecule has 0 aromatic carbocycles. The molecule has 1 fully saturated rings. The van der Waals surface area contributed by atoms with Crippen LogP contribution in [0.25, 0.3) is 0 Å². The quantitative estimate of drug-likeness (QED) is 0.577. The van der Waals surface area contributed by atoms with Crippen molar-refractivity contribution in [1.29, 1.82) is 0 Å². The van der Waals surface area contributed by atoms with E-state index in [1.165, 1.54) is 6.42 Å². The van der Waals surface area contributed by atoms with Crippen LogP contribution in [0.15, 0.2) is 38.0 Å². The molecule has 1 atom stereocenters. The number of hydrogen-bond acceptors (Lipinski definition) is 1. The molecule has 1 saturated heterocycles. The Morgan fingerprint density at radius 3 is 2.08 bits per heavy atom. The van der Waals surface area contributed by atoms with Crippen LogP contribution in [0.4, 0.5) is 0 Å². The van der Waals surface area contributed by atoms with Gasteiger partial charge < -0.3 is 0 Å². The first-order valence-electron chi connectivity index (χ1n) is 4.77. The van der Waals surface area contributed by atoms with E-state index in [1.54, 1.807) is 0 Å². The Morgan fingerprint density at radius 1 is 1.15 bits per heavy atom. The van der Waals surface area contributed by atoms with E-state index in [9.17, 15) is 0 Å². The molecule has 1 aliphatic rings. The van der Waals surface area contributed by atoms with Crippen LogP contribution in [-0.2, 0) is 0 Å². The summed E-state index contributed by atoms with van der Waals surface area (Å²) in [5.74, 6) is 0. The average Bonchev–Trinajstić information content (AvgIpc) is 2.03. The Labute approximate surface area is 85.8 Å². The van der Waals surface area contributed by atoms with Crippen LogP contribution in [0.1, 0.15) is 25.7 Å². The molecular formula is C12H18S. The van der Waals surface area contributed by atoms with E-state index in [-0.39, 0.29) is 0 Å². The number of thioether (sulfide) groups is 1. The molecule has 0 aliphatic carbocycles. The minimum Gasteiger partial charge on any atom is -0.151 e. The summed E-state index contributed by atoms with van der Waals surface area (Å²) in [6.45, 7) is 11.4. The smallest absolute Gasteiger partial charge is 0.0242 e. The molecular weight excluding hydrogens is 176 g/mol. The summed E-state index contributed by atoms with van der Waals surface area (Å²) >= 11 is 2.08. The summed E-state index contributed by atoms with van der Waals surface area (Å²) in [5.41, 5.74) is 0. The third kappa shape index (κ3) is 2.50. The molecule has 0 radical (unpaired) electrons. The lowest BCUT2D eigenvalue weighted by Crippen LogP contribution is -2.39.